The zero-order valence-corrected chi connectivity index (χ0v) is 7.03. The lowest BCUT2D eigenvalue weighted by Gasteiger charge is -2.20. The van der Waals surface area contributed by atoms with E-state index < -0.39 is 17.9 Å². The van der Waals surface area contributed by atoms with Crippen LogP contribution >= 0.6 is 0 Å². The van der Waals surface area contributed by atoms with E-state index in [0.717, 1.165) is 4.90 Å². The Morgan fingerprint density at radius 3 is 2.54 bits per heavy atom. The zero-order chi connectivity index (χ0) is 10.0. The van der Waals surface area contributed by atoms with Gasteiger partial charge in [-0.25, -0.2) is 0 Å². The molecule has 0 saturated carbocycles. The molecule has 72 valence electrons. The maximum atomic E-state index is 11.1. The molecule has 1 aliphatic heterocycles. The van der Waals surface area contributed by atoms with E-state index in [4.69, 9.17) is 11.5 Å². The minimum atomic E-state index is -0.667. The summed E-state index contributed by atoms with van der Waals surface area (Å²) in [5.41, 5.74) is 9.95. The van der Waals surface area contributed by atoms with Gasteiger partial charge < -0.3 is 16.4 Å². The van der Waals surface area contributed by atoms with Crippen LogP contribution in [0.4, 0.5) is 0 Å². The van der Waals surface area contributed by atoms with Crippen molar-refractivity contribution in [3.63, 3.8) is 0 Å². The minimum Gasteiger partial charge on any atom is -0.368 e. The van der Waals surface area contributed by atoms with Crippen molar-refractivity contribution in [3.05, 3.63) is 0 Å². The van der Waals surface area contributed by atoms with Crippen LogP contribution in [0.25, 0.3) is 0 Å². The summed E-state index contributed by atoms with van der Waals surface area (Å²) < 4.78 is 0. The average molecular weight is 185 g/mol. The van der Waals surface area contributed by atoms with Gasteiger partial charge in [-0.1, -0.05) is 0 Å². The molecule has 0 unspecified atom stereocenters. The molecule has 0 aliphatic carbocycles. The van der Waals surface area contributed by atoms with Crippen LogP contribution in [-0.4, -0.2) is 35.2 Å². The Labute approximate surface area is 74.8 Å². The molecule has 0 aromatic heterocycles. The van der Waals surface area contributed by atoms with Gasteiger partial charge in [-0.2, -0.15) is 0 Å². The van der Waals surface area contributed by atoms with Gasteiger partial charge in [0, 0.05) is 6.42 Å². The number of nitrogens with zero attached hydrogens (tertiary/aromatic N) is 1. The molecule has 1 atom stereocenters. The Bertz CT molecular complexity index is 264. The fourth-order valence-electron chi connectivity index (χ4n) is 1.40. The fraction of sp³-hybridized carbons (Fsp3) is 0.571. The number of nitrogens with two attached hydrogens (primary N) is 2. The van der Waals surface area contributed by atoms with Gasteiger partial charge >= 0.3 is 0 Å². The Kier molecular flexibility index (Phi) is 2.50. The van der Waals surface area contributed by atoms with Crippen LogP contribution < -0.4 is 11.5 Å². The maximum Gasteiger partial charge on any atom is 0.240 e. The summed E-state index contributed by atoms with van der Waals surface area (Å²) in [6.07, 6.45) is 0.627. The Morgan fingerprint density at radius 1 is 1.46 bits per heavy atom. The first kappa shape index (κ1) is 9.50. The van der Waals surface area contributed by atoms with Gasteiger partial charge in [-0.05, 0) is 6.42 Å². The molecule has 4 N–H and O–H groups in total. The monoisotopic (exact) mass is 185 g/mol. The molecule has 0 radical (unpaired) electrons. The molecule has 0 bridgehead atoms. The fourth-order valence-corrected chi connectivity index (χ4v) is 1.40. The molecule has 1 heterocycles. The highest BCUT2D eigenvalue weighted by Crippen LogP contribution is 2.17. The molecule has 1 saturated heterocycles. The molecular weight excluding hydrogens is 174 g/mol. The molecule has 6 nitrogen and oxygen atoms in total. The first-order valence-electron chi connectivity index (χ1n) is 3.89. The van der Waals surface area contributed by atoms with E-state index in [1.165, 1.54) is 0 Å². The standard InChI is InChI=1S/C7H11N3O3/c8-5(11)3-10-4(7(9)13)1-2-6(10)12/h4H,1-3H2,(H2,8,11)(H2,9,13)/t4-/m0/s1. The van der Waals surface area contributed by atoms with Crippen molar-refractivity contribution in [3.8, 4) is 0 Å². The van der Waals surface area contributed by atoms with Crippen LogP contribution in [0.3, 0.4) is 0 Å². The number of hydrogen-bond acceptors (Lipinski definition) is 3. The predicted molar refractivity (Wildman–Crippen MR) is 43.1 cm³/mol. The van der Waals surface area contributed by atoms with E-state index >= 15 is 0 Å². The lowest BCUT2D eigenvalue weighted by Crippen LogP contribution is -2.46. The van der Waals surface area contributed by atoms with Crippen molar-refractivity contribution in [1.82, 2.24) is 4.90 Å². The number of carbonyl (C=O) groups is 3. The van der Waals surface area contributed by atoms with Crippen LogP contribution in [0, 0.1) is 0 Å². The number of likely N-dealkylation sites (tertiary alicyclic amines) is 1. The molecular formula is C7H11N3O3. The maximum absolute atomic E-state index is 11.1. The first-order valence-corrected chi connectivity index (χ1v) is 3.89. The van der Waals surface area contributed by atoms with Crippen molar-refractivity contribution in [1.29, 1.82) is 0 Å². The highest BCUT2D eigenvalue weighted by Gasteiger charge is 2.35. The molecule has 6 heteroatoms. The summed E-state index contributed by atoms with van der Waals surface area (Å²) in [5, 5.41) is 0. The highest BCUT2D eigenvalue weighted by molar-refractivity contribution is 5.92. The summed E-state index contributed by atoms with van der Waals surface area (Å²) >= 11 is 0. The van der Waals surface area contributed by atoms with Crippen molar-refractivity contribution in [2.75, 3.05) is 6.54 Å². The first-order chi connectivity index (χ1) is 6.02. The van der Waals surface area contributed by atoms with Gasteiger partial charge in [0.2, 0.25) is 17.7 Å². The Balaban J connectivity index is 2.71. The smallest absolute Gasteiger partial charge is 0.240 e. The highest BCUT2D eigenvalue weighted by atomic mass is 16.2. The largest absolute Gasteiger partial charge is 0.368 e. The molecule has 0 aromatic rings. The normalized spacial score (nSPS) is 22.0. The quantitative estimate of drug-likeness (QED) is 0.528. The van der Waals surface area contributed by atoms with Gasteiger partial charge in [0.1, 0.15) is 12.6 Å². The van der Waals surface area contributed by atoms with Crippen molar-refractivity contribution in [2.24, 2.45) is 11.5 Å². The van der Waals surface area contributed by atoms with E-state index in [9.17, 15) is 14.4 Å². The van der Waals surface area contributed by atoms with Crippen molar-refractivity contribution in [2.45, 2.75) is 18.9 Å². The van der Waals surface area contributed by atoms with E-state index in [2.05, 4.69) is 0 Å². The number of amides is 3. The van der Waals surface area contributed by atoms with E-state index in [1.807, 2.05) is 0 Å². The topological polar surface area (TPSA) is 106 Å². The summed E-state index contributed by atoms with van der Waals surface area (Å²) in [5.74, 6) is -1.48. The van der Waals surface area contributed by atoms with E-state index in [-0.39, 0.29) is 18.9 Å². The van der Waals surface area contributed by atoms with Gasteiger partial charge in [0.05, 0.1) is 0 Å². The number of hydrogen-bond donors (Lipinski definition) is 2. The molecule has 1 rings (SSSR count). The molecule has 1 fully saturated rings. The van der Waals surface area contributed by atoms with Gasteiger partial charge in [0.25, 0.3) is 0 Å². The zero-order valence-electron chi connectivity index (χ0n) is 7.03. The predicted octanol–water partition coefficient (Wildman–Crippen LogP) is -2.05. The Morgan fingerprint density at radius 2 is 2.08 bits per heavy atom. The van der Waals surface area contributed by atoms with Gasteiger partial charge in [-0.3, -0.25) is 14.4 Å². The van der Waals surface area contributed by atoms with Crippen molar-refractivity contribution < 1.29 is 14.4 Å². The van der Waals surface area contributed by atoms with Crippen LogP contribution in [-0.2, 0) is 14.4 Å². The molecule has 1 aliphatic rings. The molecule has 0 spiro atoms. The second kappa shape index (κ2) is 3.42. The molecule has 13 heavy (non-hydrogen) atoms. The number of carbonyl (C=O) groups excluding carboxylic acids is 3. The summed E-state index contributed by atoms with van der Waals surface area (Å²) in [7, 11) is 0. The number of rotatable bonds is 3. The Hall–Kier alpha value is -1.59. The van der Waals surface area contributed by atoms with Crippen LogP contribution in [0.5, 0.6) is 0 Å². The number of primary amides is 2. The van der Waals surface area contributed by atoms with Crippen LogP contribution in [0.15, 0.2) is 0 Å². The van der Waals surface area contributed by atoms with Crippen LogP contribution in [0.2, 0.25) is 0 Å². The second-order valence-corrected chi connectivity index (χ2v) is 2.94. The third kappa shape index (κ3) is 1.95. The van der Waals surface area contributed by atoms with Gasteiger partial charge in [-0.15, -0.1) is 0 Å². The summed E-state index contributed by atoms with van der Waals surface area (Å²) in [6, 6.07) is -0.667. The van der Waals surface area contributed by atoms with Gasteiger partial charge in [0.15, 0.2) is 0 Å². The van der Waals surface area contributed by atoms with Crippen LogP contribution in [0.1, 0.15) is 12.8 Å². The summed E-state index contributed by atoms with van der Waals surface area (Å²) in [6.45, 7) is -0.230. The SMILES string of the molecule is NC(=O)CN1C(=O)CC[C@H]1C(N)=O. The lowest BCUT2D eigenvalue weighted by molar-refractivity contribution is -0.137. The van der Waals surface area contributed by atoms with E-state index in [0.29, 0.717) is 6.42 Å². The minimum absolute atomic E-state index is 0.230. The van der Waals surface area contributed by atoms with Crippen molar-refractivity contribution >= 4 is 17.7 Å². The third-order valence-corrected chi connectivity index (χ3v) is 1.98. The van der Waals surface area contributed by atoms with E-state index in [1.54, 1.807) is 0 Å². The third-order valence-electron chi connectivity index (χ3n) is 1.98. The molecule has 0 aromatic carbocycles. The lowest BCUT2D eigenvalue weighted by atomic mass is 10.2. The average Bonchev–Trinajstić information content (AvgIpc) is 2.32. The summed E-state index contributed by atoms with van der Waals surface area (Å²) in [4.78, 5) is 33.6. The second-order valence-electron chi connectivity index (χ2n) is 2.94. The molecule has 3 amide bonds.